The number of benzene rings is 1. The maximum Gasteiger partial charge on any atom is 0.387 e. The maximum atomic E-state index is 12.4. The summed E-state index contributed by atoms with van der Waals surface area (Å²) in [4.78, 5) is 11.7. The van der Waals surface area contributed by atoms with E-state index >= 15 is 0 Å². The van der Waals surface area contributed by atoms with Crippen molar-refractivity contribution in [2.45, 2.75) is 37.8 Å². The third-order valence-corrected chi connectivity index (χ3v) is 4.57. The number of alkyl halides is 2. The van der Waals surface area contributed by atoms with Crippen molar-refractivity contribution in [2.24, 2.45) is 0 Å². The van der Waals surface area contributed by atoms with Crippen molar-refractivity contribution in [1.82, 2.24) is 15.2 Å². The highest BCUT2D eigenvalue weighted by Gasteiger charge is 2.36. The van der Waals surface area contributed by atoms with Gasteiger partial charge in [0, 0.05) is 5.70 Å². The fourth-order valence-corrected chi connectivity index (χ4v) is 3.41. The lowest BCUT2D eigenvalue weighted by Gasteiger charge is -2.30. The van der Waals surface area contributed by atoms with Crippen molar-refractivity contribution < 1.29 is 26.7 Å². The van der Waals surface area contributed by atoms with Crippen LogP contribution in [-0.2, 0) is 10.0 Å². The van der Waals surface area contributed by atoms with E-state index in [9.17, 15) is 22.0 Å². The molecule has 10 heteroatoms. The van der Waals surface area contributed by atoms with Gasteiger partial charge >= 0.3 is 12.6 Å². The van der Waals surface area contributed by atoms with E-state index in [2.05, 4.69) is 10.2 Å². The molecule has 0 saturated carbocycles. The first-order chi connectivity index (χ1) is 11.0. The number of ether oxygens (including phenoxy) is 1. The highest BCUT2D eigenvalue weighted by atomic mass is 32.2. The molecule has 0 spiro atoms. The summed E-state index contributed by atoms with van der Waals surface area (Å²) in [6.45, 7) is 1.94. The van der Waals surface area contributed by atoms with Gasteiger partial charge in [0.2, 0.25) is 0 Å². The second-order valence-electron chi connectivity index (χ2n) is 5.66. The van der Waals surface area contributed by atoms with Gasteiger partial charge in [0.15, 0.2) is 0 Å². The molecule has 132 valence electrons. The van der Waals surface area contributed by atoms with Crippen molar-refractivity contribution in [3.05, 3.63) is 36.0 Å². The minimum absolute atomic E-state index is 0.546. The van der Waals surface area contributed by atoms with E-state index in [1.54, 1.807) is 26.8 Å². The van der Waals surface area contributed by atoms with Crippen molar-refractivity contribution >= 4 is 16.1 Å². The van der Waals surface area contributed by atoms with Gasteiger partial charge in [-0.15, -0.1) is 0 Å². The summed E-state index contributed by atoms with van der Waals surface area (Å²) in [7, 11) is -4.40. The molecule has 0 aromatic heterocycles. The number of carbonyl (C=O) groups is 1. The molecular weight excluding hydrogens is 344 g/mol. The van der Waals surface area contributed by atoms with E-state index in [4.69, 9.17) is 0 Å². The van der Waals surface area contributed by atoms with Gasteiger partial charge in [-0.05, 0) is 39.0 Å². The molecular formula is C14H17F2N3O4S. The number of urea groups is 1. The van der Waals surface area contributed by atoms with Gasteiger partial charge in [0.05, 0.1) is 5.54 Å². The Hall–Kier alpha value is -2.36. The molecule has 0 radical (unpaired) electrons. The second-order valence-corrected chi connectivity index (χ2v) is 7.31. The van der Waals surface area contributed by atoms with Crippen LogP contribution in [-0.4, -0.2) is 31.6 Å². The number of nitrogens with zero attached hydrogens (tertiary/aromatic N) is 1. The topological polar surface area (TPSA) is 87.7 Å². The van der Waals surface area contributed by atoms with E-state index in [1.165, 1.54) is 12.1 Å². The van der Waals surface area contributed by atoms with Crippen LogP contribution in [0.1, 0.15) is 20.8 Å². The molecule has 0 bridgehead atoms. The monoisotopic (exact) mass is 361 g/mol. The zero-order chi connectivity index (χ0) is 18.1. The minimum atomic E-state index is -4.40. The van der Waals surface area contributed by atoms with E-state index in [-0.39, 0.29) is 0 Å². The zero-order valence-corrected chi connectivity index (χ0v) is 14.0. The maximum absolute atomic E-state index is 12.4. The van der Waals surface area contributed by atoms with Crippen LogP contribution in [0.25, 0.3) is 0 Å². The number of hydrazine groups is 1. The molecule has 2 N–H and O–H groups in total. The SMILES string of the molecule is CC1=CC(C)(C)N(C(=O)NS(=O)(=O)c2ccccc2OC(F)F)N1. The lowest BCUT2D eigenvalue weighted by molar-refractivity contribution is -0.0517. The molecule has 1 aliphatic rings. The van der Waals surface area contributed by atoms with Crippen molar-refractivity contribution in [3.8, 4) is 5.75 Å². The highest BCUT2D eigenvalue weighted by Crippen LogP contribution is 2.26. The quantitative estimate of drug-likeness (QED) is 0.858. The lowest BCUT2D eigenvalue weighted by atomic mass is 10.1. The van der Waals surface area contributed by atoms with Gasteiger partial charge < -0.3 is 4.74 Å². The Morgan fingerprint density at radius 1 is 1.33 bits per heavy atom. The summed E-state index contributed by atoms with van der Waals surface area (Å²) in [5.74, 6) is -0.546. The van der Waals surface area contributed by atoms with Crippen LogP contribution < -0.4 is 14.9 Å². The number of halogens is 2. The fraction of sp³-hybridized carbons (Fsp3) is 0.357. The van der Waals surface area contributed by atoms with Crippen LogP contribution in [0, 0.1) is 0 Å². The van der Waals surface area contributed by atoms with Gasteiger partial charge in [-0.2, -0.15) is 8.78 Å². The van der Waals surface area contributed by atoms with Gasteiger partial charge in [0.25, 0.3) is 10.0 Å². The number of rotatable bonds is 4. The molecule has 0 atom stereocenters. The van der Waals surface area contributed by atoms with Gasteiger partial charge in [-0.1, -0.05) is 12.1 Å². The van der Waals surface area contributed by atoms with Crippen LogP contribution >= 0.6 is 0 Å². The Morgan fingerprint density at radius 2 is 1.96 bits per heavy atom. The fourth-order valence-electron chi connectivity index (χ4n) is 2.34. The average Bonchev–Trinajstić information content (AvgIpc) is 2.71. The van der Waals surface area contributed by atoms with Crippen molar-refractivity contribution in [3.63, 3.8) is 0 Å². The van der Waals surface area contributed by atoms with Gasteiger partial charge in [-0.25, -0.2) is 22.9 Å². The van der Waals surface area contributed by atoms with Crippen LogP contribution in [0.15, 0.2) is 40.9 Å². The second kappa shape index (κ2) is 6.27. The normalized spacial score (nSPS) is 16.6. The molecule has 2 rings (SSSR count). The Kier molecular flexibility index (Phi) is 4.70. The first-order valence-electron chi connectivity index (χ1n) is 6.90. The lowest BCUT2D eigenvalue weighted by Crippen LogP contribution is -2.54. The summed E-state index contributed by atoms with van der Waals surface area (Å²) < 4.78 is 55.6. The van der Waals surface area contributed by atoms with E-state index in [1.807, 2.05) is 4.72 Å². The standard InChI is InChI=1S/C14H17F2N3O4S/c1-9-8-14(2,3)19(17-9)13(20)18-24(21,22)11-7-5-4-6-10(11)23-12(15)16/h4-8,12,17H,1-3H3,(H,18,20). The molecule has 2 amide bonds. The molecule has 0 aliphatic carbocycles. The van der Waals surface area contributed by atoms with E-state index < -0.39 is 38.8 Å². The zero-order valence-electron chi connectivity index (χ0n) is 13.2. The van der Waals surface area contributed by atoms with Gasteiger partial charge in [-0.3, -0.25) is 5.43 Å². The Balaban J connectivity index is 2.25. The summed E-state index contributed by atoms with van der Waals surface area (Å²) in [6, 6.07) is 3.88. The van der Waals surface area contributed by atoms with Crippen molar-refractivity contribution in [2.75, 3.05) is 0 Å². The van der Waals surface area contributed by atoms with Crippen LogP contribution in [0.3, 0.4) is 0 Å². The molecule has 1 heterocycles. The predicted molar refractivity (Wildman–Crippen MR) is 81.6 cm³/mol. The molecule has 1 aromatic rings. The minimum Gasteiger partial charge on any atom is -0.433 e. The Morgan fingerprint density at radius 3 is 2.50 bits per heavy atom. The number of nitrogens with one attached hydrogen (secondary N) is 2. The molecule has 1 aliphatic heterocycles. The van der Waals surface area contributed by atoms with E-state index in [0.717, 1.165) is 17.1 Å². The summed E-state index contributed by atoms with van der Waals surface area (Å²) in [5.41, 5.74) is 2.65. The first kappa shape index (κ1) is 18.0. The molecule has 7 nitrogen and oxygen atoms in total. The third kappa shape index (κ3) is 3.75. The first-order valence-corrected chi connectivity index (χ1v) is 8.38. The largest absolute Gasteiger partial charge is 0.433 e. The predicted octanol–water partition coefficient (Wildman–Crippen LogP) is 2.19. The number of sulfonamides is 1. The number of para-hydroxylation sites is 1. The Bertz CT molecular complexity index is 778. The van der Waals surface area contributed by atoms with Gasteiger partial charge in [0.1, 0.15) is 10.6 Å². The number of carbonyl (C=O) groups excluding carboxylic acids is 1. The third-order valence-electron chi connectivity index (χ3n) is 3.21. The number of hydrogen-bond donors (Lipinski definition) is 2. The van der Waals surface area contributed by atoms with Crippen LogP contribution in [0.2, 0.25) is 0 Å². The summed E-state index contributed by atoms with van der Waals surface area (Å²) in [5, 5.41) is 1.09. The molecule has 24 heavy (non-hydrogen) atoms. The highest BCUT2D eigenvalue weighted by molar-refractivity contribution is 7.90. The molecule has 1 aromatic carbocycles. The Labute approximate surface area is 138 Å². The van der Waals surface area contributed by atoms with Crippen molar-refractivity contribution in [1.29, 1.82) is 0 Å². The molecule has 0 saturated heterocycles. The summed E-state index contributed by atoms with van der Waals surface area (Å²) >= 11 is 0. The molecule has 0 unspecified atom stereocenters. The molecule has 0 fully saturated rings. The number of hydrogen-bond acceptors (Lipinski definition) is 5. The number of amides is 2. The van der Waals surface area contributed by atoms with Crippen LogP contribution in [0.5, 0.6) is 5.75 Å². The van der Waals surface area contributed by atoms with Crippen LogP contribution in [0.4, 0.5) is 13.6 Å². The van der Waals surface area contributed by atoms with E-state index in [0.29, 0.717) is 5.70 Å². The summed E-state index contributed by atoms with van der Waals surface area (Å²) in [6.07, 6.45) is 1.74. The average molecular weight is 361 g/mol. The number of allylic oxidation sites excluding steroid dienone is 1. The smallest absolute Gasteiger partial charge is 0.387 e.